The normalized spacial score (nSPS) is 10.2. The van der Waals surface area contributed by atoms with E-state index in [2.05, 4.69) is 5.32 Å². The second-order valence-corrected chi connectivity index (χ2v) is 4.44. The fraction of sp³-hybridized carbons (Fsp3) is 0.188. The summed E-state index contributed by atoms with van der Waals surface area (Å²) in [6, 6.07) is 14.0. The third kappa shape index (κ3) is 3.91. The number of halogens is 1. The van der Waals surface area contributed by atoms with Gasteiger partial charge in [0.25, 0.3) is 0 Å². The smallest absolute Gasteiger partial charge is 0.159 e. The third-order valence-electron chi connectivity index (χ3n) is 2.92. The van der Waals surface area contributed by atoms with Crippen LogP contribution in [0, 0.1) is 5.82 Å². The van der Waals surface area contributed by atoms with Crippen molar-refractivity contribution >= 4 is 11.5 Å². The van der Waals surface area contributed by atoms with Crippen LogP contribution in [0.4, 0.5) is 10.1 Å². The van der Waals surface area contributed by atoms with Gasteiger partial charge in [0, 0.05) is 17.8 Å². The van der Waals surface area contributed by atoms with Crippen molar-refractivity contribution in [3.8, 4) is 0 Å². The molecule has 3 heteroatoms. The predicted octanol–water partition coefficient (Wildman–Crippen LogP) is 3.68. The molecule has 0 saturated heterocycles. The van der Waals surface area contributed by atoms with Gasteiger partial charge in [-0.15, -0.1) is 0 Å². The van der Waals surface area contributed by atoms with Gasteiger partial charge < -0.3 is 5.32 Å². The van der Waals surface area contributed by atoms with E-state index in [0.717, 1.165) is 24.2 Å². The Labute approximate surface area is 112 Å². The molecule has 2 aromatic rings. The Bertz CT molecular complexity index is 563. The lowest BCUT2D eigenvalue weighted by Gasteiger charge is -2.07. The van der Waals surface area contributed by atoms with Gasteiger partial charge in [0.2, 0.25) is 0 Å². The number of carbonyl (C=O) groups is 1. The monoisotopic (exact) mass is 257 g/mol. The van der Waals surface area contributed by atoms with Crippen molar-refractivity contribution < 1.29 is 9.18 Å². The minimum Gasteiger partial charge on any atom is -0.385 e. The van der Waals surface area contributed by atoms with E-state index in [1.54, 1.807) is 31.2 Å². The largest absolute Gasteiger partial charge is 0.385 e. The van der Waals surface area contributed by atoms with E-state index in [1.807, 2.05) is 18.2 Å². The number of rotatable bonds is 5. The molecule has 0 aliphatic heterocycles. The molecular weight excluding hydrogens is 241 g/mol. The Morgan fingerprint density at radius 3 is 2.53 bits per heavy atom. The van der Waals surface area contributed by atoms with Crippen molar-refractivity contribution in [2.45, 2.75) is 13.3 Å². The van der Waals surface area contributed by atoms with E-state index in [9.17, 15) is 9.18 Å². The summed E-state index contributed by atoms with van der Waals surface area (Å²) >= 11 is 0. The van der Waals surface area contributed by atoms with Gasteiger partial charge in [0.1, 0.15) is 5.82 Å². The summed E-state index contributed by atoms with van der Waals surface area (Å²) in [6.45, 7) is 2.27. The standard InChI is InChI=1S/C16H16FNO/c1-12(19)14-5-7-16(8-6-14)18-10-9-13-3-2-4-15(17)11-13/h2-8,11,18H,9-10H2,1H3. The Kier molecular flexibility index (Phi) is 4.29. The number of ketones is 1. The maximum absolute atomic E-state index is 13.0. The van der Waals surface area contributed by atoms with E-state index in [4.69, 9.17) is 0 Å². The van der Waals surface area contributed by atoms with Crippen LogP contribution in [0.25, 0.3) is 0 Å². The first-order valence-electron chi connectivity index (χ1n) is 6.24. The highest BCUT2D eigenvalue weighted by Crippen LogP contribution is 2.10. The van der Waals surface area contributed by atoms with E-state index < -0.39 is 0 Å². The molecule has 19 heavy (non-hydrogen) atoms. The molecule has 0 aromatic heterocycles. The van der Waals surface area contributed by atoms with Gasteiger partial charge >= 0.3 is 0 Å². The van der Waals surface area contributed by atoms with Crippen molar-refractivity contribution in [2.24, 2.45) is 0 Å². The molecule has 0 radical (unpaired) electrons. The molecule has 0 aliphatic rings. The fourth-order valence-electron chi connectivity index (χ4n) is 1.87. The first-order chi connectivity index (χ1) is 9.15. The van der Waals surface area contributed by atoms with Gasteiger partial charge in [-0.25, -0.2) is 4.39 Å². The minimum absolute atomic E-state index is 0.0614. The predicted molar refractivity (Wildman–Crippen MR) is 75.0 cm³/mol. The average molecular weight is 257 g/mol. The minimum atomic E-state index is -0.205. The second kappa shape index (κ2) is 6.14. The number of nitrogens with one attached hydrogen (secondary N) is 1. The number of carbonyl (C=O) groups excluding carboxylic acids is 1. The van der Waals surface area contributed by atoms with Crippen LogP contribution >= 0.6 is 0 Å². The molecular formula is C16H16FNO. The summed E-state index contributed by atoms with van der Waals surface area (Å²) in [5.74, 6) is -0.144. The molecule has 1 N–H and O–H groups in total. The van der Waals surface area contributed by atoms with Gasteiger partial charge in [-0.1, -0.05) is 12.1 Å². The van der Waals surface area contributed by atoms with Crippen LogP contribution in [0.1, 0.15) is 22.8 Å². The Hall–Kier alpha value is -2.16. The first kappa shape index (κ1) is 13.3. The van der Waals surface area contributed by atoms with Gasteiger partial charge in [-0.2, -0.15) is 0 Å². The molecule has 0 saturated carbocycles. The van der Waals surface area contributed by atoms with Crippen LogP contribution in [0.15, 0.2) is 48.5 Å². The lowest BCUT2D eigenvalue weighted by molar-refractivity contribution is 0.101. The number of hydrogen-bond donors (Lipinski definition) is 1. The summed E-state index contributed by atoms with van der Waals surface area (Å²) in [4.78, 5) is 11.1. The molecule has 0 atom stereocenters. The van der Waals surface area contributed by atoms with Crippen LogP contribution in [0.2, 0.25) is 0 Å². The third-order valence-corrected chi connectivity index (χ3v) is 2.92. The van der Waals surface area contributed by atoms with Gasteiger partial charge in [0.15, 0.2) is 5.78 Å². The lowest BCUT2D eigenvalue weighted by atomic mass is 10.1. The Morgan fingerprint density at radius 1 is 1.16 bits per heavy atom. The second-order valence-electron chi connectivity index (χ2n) is 4.44. The molecule has 0 amide bonds. The molecule has 2 rings (SSSR count). The first-order valence-corrected chi connectivity index (χ1v) is 6.24. The highest BCUT2D eigenvalue weighted by Gasteiger charge is 1.99. The summed E-state index contributed by atoms with van der Waals surface area (Å²) < 4.78 is 13.0. The zero-order chi connectivity index (χ0) is 13.7. The zero-order valence-corrected chi connectivity index (χ0v) is 10.8. The molecule has 0 bridgehead atoms. The van der Waals surface area contributed by atoms with E-state index in [1.165, 1.54) is 6.07 Å². The topological polar surface area (TPSA) is 29.1 Å². The summed E-state index contributed by atoms with van der Waals surface area (Å²) in [6.07, 6.45) is 0.756. The van der Waals surface area contributed by atoms with Crippen LogP contribution < -0.4 is 5.32 Å². The number of anilines is 1. The molecule has 0 unspecified atom stereocenters. The van der Waals surface area contributed by atoms with Crippen molar-refractivity contribution in [3.05, 3.63) is 65.5 Å². The molecule has 0 aliphatic carbocycles. The number of hydrogen-bond acceptors (Lipinski definition) is 2. The van der Waals surface area contributed by atoms with Crippen LogP contribution in [0.3, 0.4) is 0 Å². The molecule has 0 spiro atoms. The van der Waals surface area contributed by atoms with Crippen LogP contribution in [-0.4, -0.2) is 12.3 Å². The van der Waals surface area contributed by atoms with Crippen molar-refractivity contribution in [2.75, 3.05) is 11.9 Å². The van der Waals surface area contributed by atoms with Gasteiger partial charge in [-0.05, 0) is 55.3 Å². The Balaban J connectivity index is 1.87. The van der Waals surface area contributed by atoms with E-state index in [-0.39, 0.29) is 11.6 Å². The Morgan fingerprint density at radius 2 is 1.89 bits per heavy atom. The molecule has 2 nitrogen and oxygen atoms in total. The fourth-order valence-corrected chi connectivity index (χ4v) is 1.87. The molecule has 2 aromatic carbocycles. The molecule has 0 heterocycles. The summed E-state index contributed by atoms with van der Waals surface area (Å²) in [5.41, 5.74) is 2.63. The quantitative estimate of drug-likeness (QED) is 0.828. The summed E-state index contributed by atoms with van der Waals surface area (Å²) in [7, 11) is 0. The van der Waals surface area contributed by atoms with Crippen molar-refractivity contribution in [1.82, 2.24) is 0 Å². The van der Waals surface area contributed by atoms with Gasteiger partial charge in [0.05, 0.1) is 0 Å². The van der Waals surface area contributed by atoms with Gasteiger partial charge in [-0.3, -0.25) is 4.79 Å². The number of benzene rings is 2. The van der Waals surface area contributed by atoms with Crippen molar-refractivity contribution in [1.29, 1.82) is 0 Å². The SMILES string of the molecule is CC(=O)c1ccc(NCCc2cccc(F)c2)cc1. The van der Waals surface area contributed by atoms with Crippen LogP contribution in [-0.2, 0) is 6.42 Å². The zero-order valence-electron chi connectivity index (χ0n) is 10.8. The molecule has 98 valence electrons. The summed E-state index contributed by atoms with van der Waals surface area (Å²) in [5, 5.41) is 3.24. The highest BCUT2D eigenvalue weighted by molar-refractivity contribution is 5.94. The van der Waals surface area contributed by atoms with E-state index >= 15 is 0 Å². The van der Waals surface area contributed by atoms with E-state index in [0.29, 0.717) is 5.56 Å². The highest BCUT2D eigenvalue weighted by atomic mass is 19.1. The van der Waals surface area contributed by atoms with Crippen molar-refractivity contribution in [3.63, 3.8) is 0 Å². The number of Topliss-reactive ketones (excluding diaryl/α,β-unsaturated/α-hetero) is 1. The molecule has 0 fully saturated rings. The van der Waals surface area contributed by atoms with Crippen LogP contribution in [0.5, 0.6) is 0 Å². The maximum atomic E-state index is 13.0. The maximum Gasteiger partial charge on any atom is 0.159 e. The average Bonchev–Trinajstić information content (AvgIpc) is 2.39. The lowest BCUT2D eigenvalue weighted by Crippen LogP contribution is -2.05.